The highest BCUT2D eigenvalue weighted by atomic mass is 79.9. The highest BCUT2D eigenvalue weighted by molar-refractivity contribution is 9.11. The molecule has 0 atom stereocenters. The predicted octanol–water partition coefficient (Wildman–Crippen LogP) is 5.18. The van der Waals surface area contributed by atoms with E-state index in [-0.39, 0.29) is 21.7 Å². The maximum Gasteiger partial charge on any atom is 0.406 e. The van der Waals surface area contributed by atoms with Gasteiger partial charge in [0, 0.05) is 24.9 Å². The van der Waals surface area contributed by atoms with Crippen LogP contribution < -0.4 is 14.8 Å². The molecule has 1 amide bonds. The molecule has 0 aliphatic rings. The monoisotopic (exact) mass is 636 g/mol. The third kappa shape index (κ3) is 7.28. The van der Waals surface area contributed by atoms with Gasteiger partial charge in [0.1, 0.15) is 16.0 Å². The fourth-order valence-corrected chi connectivity index (χ4v) is 4.78. The molecule has 0 spiro atoms. The molecule has 0 aromatic heterocycles. The number of carbonyl (C=O) groups excluding carboxylic acids is 1. The van der Waals surface area contributed by atoms with Crippen molar-refractivity contribution in [3.8, 4) is 23.0 Å². The Morgan fingerprint density at radius 1 is 1.12 bits per heavy atom. The van der Waals surface area contributed by atoms with Gasteiger partial charge in [-0.2, -0.15) is 0 Å². The number of phenols is 2. The molecule has 174 valence electrons. The van der Waals surface area contributed by atoms with Crippen LogP contribution in [0.2, 0.25) is 0 Å². The number of hydrogen-bond donors (Lipinski definition) is 3. The Labute approximate surface area is 211 Å². The van der Waals surface area contributed by atoms with E-state index in [2.05, 4.69) is 62.8 Å². The van der Waals surface area contributed by atoms with Gasteiger partial charge in [-0.15, -0.1) is 0 Å². The maximum atomic E-state index is 11.0. The van der Waals surface area contributed by atoms with Crippen LogP contribution in [-0.4, -0.2) is 56.4 Å². The minimum absolute atomic E-state index is 0.0582. The maximum absolute atomic E-state index is 11.0. The van der Waals surface area contributed by atoms with Crippen LogP contribution in [0.15, 0.2) is 36.6 Å². The van der Waals surface area contributed by atoms with E-state index in [9.17, 15) is 15.0 Å². The Balaban J connectivity index is 1.92. The lowest BCUT2D eigenvalue weighted by atomic mass is 10.1. The number of amides is 1. The molecule has 0 unspecified atom stereocenters. The van der Waals surface area contributed by atoms with Gasteiger partial charge in [-0.1, -0.05) is 0 Å². The van der Waals surface area contributed by atoms with Gasteiger partial charge in [-0.05, 0) is 84.4 Å². The van der Waals surface area contributed by atoms with Crippen molar-refractivity contribution >= 4 is 60.1 Å². The number of alkyl carbamates (subject to hydrolysis) is 1. The highest BCUT2D eigenvalue weighted by Crippen LogP contribution is 2.42. The number of aromatic hydroxyl groups is 2. The molecule has 11 heteroatoms. The number of phenolic OH excluding ortho intramolecular Hbond substituents is 2. The second kappa shape index (κ2) is 12.9. The molecular formula is C21H23Br3N2O6. The number of nitrogens with zero attached hydrogens (tertiary/aromatic N) is 1. The Morgan fingerprint density at radius 3 is 2.44 bits per heavy atom. The smallest absolute Gasteiger partial charge is 0.406 e. The van der Waals surface area contributed by atoms with Crippen LogP contribution in [0.4, 0.5) is 4.79 Å². The second-order valence-corrected chi connectivity index (χ2v) is 8.98. The molecule has 0 radical (unpaired) electrons. The van der Waals surface area contributed by atoms with Crippen LogP contribution in [0.3, 0.4) is 0 Å². The first-order chi connectivity index (χ1) is 15.3. The summed E-state index contributed by atoms with van der Waals surface area (Å²) < 4.78 is 17.2. The number of hydrogen-bond acceptors (Lipinski definition) is 7. The lowest BCUT2D eigenvalue weighted by Crippen LogP contribution is -2.25. The van der Waals surface area contributed by atoms with Crippen molar-refractivity contribution in [2.24, 2.45) is 4.99 Å². The van der Waals surface area contributed by atoms with Crippen molar-refractivity contribution in [2.75, 3.05) is 33.9 Å². The van der Waals surface area contributed by atoms with Gasteiger partial charge in [-0.3, -0.25) is 4.99 Å². The molecule has 0 fully saturated rings. The molecule has 0 heterocycles. The zero-order valence-electron chi connectivity index (χ0n) is 17.5. The fourth-order valence-electron chi connectivity index (χ4n) is 2.68. The summed E-state index contributed by atoms with van der Waals surface area (Å²) in [5.74, 6) is 0.690. The van der Waals surface area contributed by atoms with E-state index in [0.29, 0.717) is 43.9 Å². The van der Waals surface area contributed by atoms with Crippen LogP contribution in [0.25, 0.3) is 0 Å². The zero-order valence-corrected chi connectivity index (χ0v) is 22.2. The standard InChI is InChI=1S/C21H23Br3N2O6/c1-30-20-16(27)10-13(18(28)17(20)24)11-25-6-4-12-8-14(22)19(15(23)9-12)32-7-3-5-26-21(29)31-2/h8-11,27-28H,3-7H2,1-2H3,(H,26,29). The molecule has 3 N–H and O–H groups in total. The number of ether oxygens (including phenoxy) is 3. The summed E-state index contributed by atoms with van der Waals surface area (Å²) in [5, 5.41) is 22.8. The van der Waals surface area contributed by atoms with E-state index in [0.717, 1.165) is 14.5 Å². The van der Waals surface area contributed by atoms with Crippen molar-refractivity contribution in [2.45, 2.75) is 12.8 Å². The summed E-state index contributed by atoms with van der Waals surface area (Å²) in [6.07, 6.45) is 2.32. The van der Waals surface area contributed by atoms with Gasteiger partial charge in [0.05, 0.1) is 29.8 Å². The van der Waals surface area contributed by atoms with Crippen molar-refractivity contribution in [1.82, 2.24) is 5.32 Å². The first kappa shape index (κ1) is 26.3. The van der Waals surface area contributed by atoms with Crippen LogP contribution in [0.5, 0.6) is 23.0 Å². The van der Waals surface area contributed by atoms with Gasteiger partial charge in [-0.25, -0.2) is 4.79 Å². The SMILES string of the molecule is COC(=O)NCCCOc1c(Br)cc(CCN=Cc2cc(O)c(OC)c(Br)c2O)cc1Br. The van der Waals surface area contributed by atoms with Crippen LogP contribution in [-0.2, 0) is 11.2 Å². The number of nitrogens with one attached hydrogen (secondary N) is 1. The van der Waals surface area contributed by atoms with Crippen molar-refractivity contribution in [3.05, 3.63) is 42.7 Å². The van der Waals surface area contributed by atoms with E-state index in [1.54, 1.807) is 0 Å². The second-order valence-electron chi connectivity index (χ2n) is 6.48. The minimum atomic E-state index is -0.467. The summed E-state index contributed by atoms with van der Waals surface area (Å²) in [5.41, 5.74) is 1.41. The largest absolute Gasteiger partial charge is 0.506 e. The Kier molecular flexibility index (Phi) is 10.6. The van der Waals surface area contributed by atoms with E-state index < -0.39 is 6.09 Å². The minimum Gasteiger partial charge on any atom is -0.506 e. The van der Waals surface area contributed by atoms with Crippen LogP contribution in [0.1, 0.15) is 17.5 Å². The summed E-state index contributed by atoms with van der Waals surface area (Å²) in [6, 6.07) is 5.30. The molecule has 0 aliphatic carbocycles. The summed E-state index contributed by atoms with van der Waals surface area (Å²) in [4.78, 5) is 15.4. The molecular weight excluding hydrogens is 616 g/mol. The van der Waals surface area contributed by atoms with Gasteiger partial charge >= 0.3 is 6.09 Å². The highest BCUT2D eigenvalue weighted by Gasteiger charge is 2.15. The zero-order chi connectivity index (χ0) is 23.7. The number of aliphatic imine (C=N–C) groups is 1. The normalized spacial score (nSPS) is 10.9. The number of carbonyl (C=O) groups is 1. The van der Waals surface area contributed by atoms with Crippen molar-refractivity contribution < 1.29 is 29.2 Å². The number of rotatable bonds is 10. The number of halogens is 3. The molecule has 2 rings (SSSR count). The number of methoxy groups -OCH3 is 2. The molecule has 32 heavy (non-hydrogen) atoms. The lowest BCUT2D eigenvalue weighted by Gasteiger charge is -2.12. The van der Waals surface area contributed by atoms with Crippen molar-refractivity contribution in [3.63, 3.8) is 0 Å². The molecule has 0 saturated heterocycles. The van der Waals surface area contributed by atoms with Gasteiger partial charge < -0.3 is 29.7 Å². The van der Waals surface area contributed by atoms with E-state index in [4.69, 9.17) is 9.47 Å². The molecule has 0 saturated carbocycles. The van der Waals surface area contributed by atoms with Crippen molar-refractivity contribution in [1.29, 1.82) is 0 Å². The van der Waals surface area contributed by atoms with E-state index in [1.165, 1.54) is 26.5 Å². The lowest BCUT2D eigenvalue weighted by molar-refractivity contribution is 0.170. The molecule has 0 aliphatic heterocycles. The first-order valence-corrected chi connectivity index (χ1v) is 11.9. The average molecular weight is 639 g/mol. The van der Waals surface area contributed by atoms with Crippen LogP contribution in [0, 0.1) is 0 Å². The molecule has 8 nitrogen and oxygen atoms in total. The van der Waals surface area contributed by atoms with E-state index in [1.807, 2.05) is 12.1 Å². The Morgan fingerprint density at radius 2 is 1.81 bits per heavy atom. The van der Waals surface area contributed by atoms with Gasteiger partial charge in [0.25, 0.3) is 0 Å². The Bertz CT molecular complexity index is 961. The summed E-state index contributed by atoms with van der Waals surface area (Å²) in [7, 11) is 2.72. The summed E-state index contributed by atoms with van der Waals surface area (Å²) >= 11 is 10.3. The average Bonchev–Trinajstić information content (AvgIpc) is 2.76. The third-order valence-electron chi connectivity index (χ3n) is 4.25. The molecule has 2 aromatic rings. The third-order valence-corrected chi connectivity index (χ3v) is 6.16. The Hall–Kier alpha value is -1.98. The number of benzene rings is 2. The molecule has 0 bridgehead atoms. The first-order valence-electron chi connectivity index (χ1n) is 9.49. The topological polar surface area (TPSA) is 110 Å². The molecule has 2 aromatic carbocycles. The fraction of sp³-hybridized carbons (Fsp3) is 0.333. The van der Waals surface area contributed by atoms with E-state index >= 15 is 0 Å². The van der Waals surface area contributed by atoms with Gasteiger partial charge in [0.2, 0.25) is 0 Å². The van der Waals surface area contributed by atoms with Gasteiger partial charge in [0.15, 0.2) is 11.5 Å². The predicted molar refractivity (Wildman–Crippen MR) is 133 cm³/mol. The summed E-state index contributed by atoms with van der Waals surface area (Å²) in [6.45, 7) is 1.36. The van der Waals surface area contributed by atoms with Crippen LogP contribution >= 0.6 is 47.8 Å². The quantitative estimate of drug-likeness (QED) is 0.188.